The van der Waals surface area contributed by atoms with Crippen LogP contribution in [-0.2, 0) is 9.47 Å². The number of ether oxygens (including phenoxy) is 2. The second-order valence-corrected chi connectivity index (χ2v) is 4.83. The lowest BCUT2D eigenvalue weighted by molar-refractivity contribution is -0.401. The highest BCUT2D eigenvalue weighted by Gasteiger charge is 2.31. The van der Waals surface area contributed by atoms with Crippen LogP contribution >= 0.6 is 0 Å². The lowest BCUT2D eigenvalue weighted by atomic mass is 10.0. The van der Waals surface area contributed by atoms with Crippen LogP contribution in [0.25, 0.3) is 11.3 Å². The van der Waals surface area contributed by atoms with Gasteiger partial charge in [-0.2, -0.15) is 0 Å². The van der Waals surface area contributed by atoms with Gasteiger partial charge in [-0.15, -0.1) is 0 Å². The summed E-state index contributed by atoms with van der Waals surface area (Å²) in [5.74, 6) is -3.30. The summed E-state index contributed by atoms with van der Waals surface area (Å²) in [6.07, 6.45) is 0. The van der Waals surface area contributed by atoms with E-state index < -0.39 is 33.9 Å². The molecule has 2 rings (SSSR count). The molecule has 0 saturated carbocycles. The average Bonchev–Trinajstić information content (AvgIpc) is 3.04. The molecule has 0 aliphatic rings. The zero-order chi connectivity index (χ0) is 19.4. The maximum Gasteiger partial charge on any atom is 0.433 e. The number of furan rings is 1. The summed E-state index contributed by atoms with van der Waals surface area (Å²) in [7, 11) is 0. The number of carbonyl (C=O) groups excluding carboxylic acids is 2. The highest BCUT2D eigenvalue weighted by Crippen LogP contribution is 2.33. The van der Waals surface area contributed by atoms with Crippen LogP contribution in [0, 0.1) is 10.1 Å². The van der Waals surface area contributed by atoms with Crippen molar-refractivity contribution in [3.63, 3.8) is 0 Å². The quantitative estimate of drug-likeness (QED) is 0.437. The molecule has 2 aromatic rings. The van der Waals surface area contributed by atoms with Gasteiger partial charge in [0, 0.05) is 0 Å². The highest BCUT2D eigenvalue weighted by molar-refractivity contribution is 6.07. The Morgan fingerprint density at radius 1 is 1.19 bits per heavy atom. The Bertz CT molecular complexity index is 927. The third-order valence-corrected chi connectivity index (χ3v) is 3.22. The first-order valence-corrected chi connectivity index (χ1v) is 7.46. The number of rotatable bonds is 6. The molecular formula is C15H15N3O8. The van der Waals surface area contributed by atoms with Gasteiger partial charge in [-0.1, -0.05) is 0 Å². The van der Waals surface area contributed by atoms with E-state index in [4.69, 9.17) is 19.6 Å². The summed E-state index contributed by atoms with van der Waals surface area (Å²) < 4.78 is 14.8. The number of pyridine rings is 1. The van der Waals surface area contributed by atoms with Crippen molar-refractivity contribution in [1.29, 1.82) is 0 Å². The molecule has 0 saturated heterocycles. The van der Waals surface area contributed by atoms with E-state index in [0.717, 1.165) is 12.1 Å². The van der Waals surface area contributed by atoms with Gasteiger partial charge in [0.1, 0.15) is 27.6 Å². The number of hydrogen-bond acceptors (Lipinski definition) is 9. The molecule has 0 fully saturated rings. The zero-order valence-corrected chi connectivity index (χ0v) is 13.9. The number of anilines is 1. The van der Waals surface area contributed by atoms with E-state index >= 15 is 0 Å². The number of nitro groups is 1. The van der Waals surface area contributed by atoms with Crippen molar-refractivity contribution in [3.05, 3.63) is 43.7 Å². The van der Waals surface area contributed by atoms with Gasteiger partial charge in [0.25, 0.3) is 5.56 Å². The molecule has 3 N–H and O–H groups in total. The van der Waals surface area contributed by atoms with Gasteiger partial charge in [-0.25, -0.2) is 9.59 Å². The molecule has 0 amide bonds. The van der Waals surface area contributed by atoms with Gasteiger partial charge in [0.2, 0.25) is 0 Å². The summed E-state index contributed by atoms with van der Waals surface area (Å²) in [5.41, 5.74) is 3.50. The van der Waals surface area contributed by atoms with E-state index in [0.29, 0.717) is 0 Å². The first-order chi connectivity index (χ1) is 12.3. The van der Waals surface area contributed by atoms with Gasteiger partial charge in [-0.3, -0.25) is 14.9 Å². The van der Waals surface area contributed by atoms with Gasteiger partial charge < -0.3 is 24.6 Å². The number of hydrogen-bond donors (Lipinski definition) is 2. The zero-order valence-electron chi connectivity index (χ0n) is 13.9. The molecule has 0 aliphatic heterocycles. The third kappa shape index (κ3) is 3.41. The number of aromatic amines is 1. The molecule has 0 radical (unpaired) electrons. The van der Waals surface area contributed by atoms with E-state index in [9.17, 15) is 24.5 Å². The van der Waals surface area contributed by atoms with E-state index in [1.54, 1.807) is 6.92 Å². The van der Waals surface area contributed by atoms with Crippen LogP contribution in [0.15, 0.2) is 21.3 Å². The number of nitrogen functional groups attached to an aromatic ring is 1. The minimum atomic E-state index is -1.05. The van der Waals surface area contributed by atoms with E-state index in [2.05, 4.69) is 4.98 Å². The Kier molecular flexibility index (Phi) is 5.40. The summed E-state index contributed by atoms with van der Waals surface area (Å²) >= 11 is 0. The fourth-order valence-corrected chi connectivity index (χ4v) is 2.24. The van der Waals surface area contributed by atoms with E-state index in [-0.39, 0.29) is 35.9 Å². The molecule has 0 spiro atoms. The maximum absolute atomic E-state index is 12.3. The molecule has 11 heteroatoms. The van der Waals surface area contributed by atoms with Crippen molar-refractivity contribution in [1.82, 2.24) is 4.98 Å². The Morgan fingerprint density at radius 2 is 1.77 bits per heavy atom. The lowest BCUT2D eigenvalue weighted by Gasteiger charge is -2.13. The fourth-order valence-electron chi connectivity index (χ4n) is 2.24. The predicted molar refractivity (Wildman–Crippen MR) is 87.7 cm³/mol. The molecule has 0 aromatic carbocycles. The standard InChI is InChI=1S/C15H15N3O8/c1-3-24-14(20)10-9(7-5-6-8(26-7)18(22)23)11(15(21)25-4-2)13(19)17-12(10)16/h5-6H,3-4H2,1-2H3,(H3,16,17,19). The molecule has 0 bridgehead atoms. The number of nitrogens with one attached hydrogen (secondary N) is 1. The first-order valence-electron chi connectivity index (χ1n) is 7.46. The van der Waals surface area contributed by atoms with Gasteiger partial charge >= 0.3 is 17.8 Å². The van der Waals surface area contributed by atoms with Gasteiger partial charge in [-0.05, 0) is 19.9 Å². The number of aromatic nitrogens is 1. The normalized spacial score (nSPS) is 10.4. The molecule has 2 heterocycles. The monoisotopic (exact) mass is 365 g/mol. The molecule has 2 aromatic heterocycles. The van der Waals surface area contributed by atoms with E-state index in [1.807, 2.05) is 0 Å². The smallest absolute Gasteiger partial charge is 0.433 e. The van der Waals surface area contributed by atoms with Crippen molar-refractivity contribution in [2.24, 2.45) is 0 Å². The molecule has 0 aliphatic carbocycles. The van der Waals surface area contributed by atoms with Crippen LogP contribution in [0.4, 0.5) is 11.7 Å². The molecule has 26 heavy (non-hydrogen) atoms. The first kappa shape index (κ1) is 18.7. The SMILES string of the molecule is CCOC(=O)c1c(N)[nH]c(=O)c(C(=O)OCC)c1-c1ccc([N+](=O)[O-])o1. The minimum absolute atomic E-state index is 0.0100. The topological polar surface area (TPSA) is 168 Å². The second kappa shape index (κ2) is 7.51. The molecule has 0 unspecified atom stereocenters. The Balaban J connectivity index is 2.85. The molecule has 11 nitrogen and oxygen atoms in total. The lowest BCUT2D eigenvalue weighted by Crippen LogP contribution is -2.26. The van der Waals surface area contributed by atoms with Crippen molar-refractivity contribution in [2.75, 3.05) is 18.9 Å². The number of H-pyrrole nitrogens is 1. The number of nitrogens with zero attached hydrogens (tertiary/aromatic N) is 1. The van der Waals surface area contributed by atoms with Crippen molar-refractivity contribution >= 4 is 23.6 Å². The summed E-state index contributed by atoms with van der Waals surface area (Å²) in [6.45, 7) is 3.01. The van der Waals surface area contributed by atoms with Crippen LogP contribution < -0.4 is 11.3 Å². The maximum atomic E-state index is 12.3. The van der Waals surface area contributed by atoms with Crippen LogP contribution in [0.3, 0.4) is 0 Å². The minimum Gasteiger partial charge on any atom is -0.462 e. The third-order valence-electron chi connectivity index (χ3n) is 3.22. The number of nitrogens with two attached hydrogens (primary N) is 1. The van der Waals surface area contributed by atoms with Crippen LogP contribution in [0.1, 0.15) is 34.6 Å². The van der Waals surface area contributed by atoms with E-state index in [1.165, 1.54) is 6.92 Å². The Hall–Kier alpha value is -3.63. The van der Waals surface area contributed by atoms with Crippen molar-refractivity contribution < 1.29 is 28.4 Å². The Labute approximate surface area is 145 Å². The van der Waals surface area contributed by atoms with Crippen molar-refractivity contribution in [2.45, 2.75) is 13.8 Å². The van der Waals surface area contributed by atoms with Crippen molar-refractivity contribution in [3.8, 4) is 11.3 Å². The van der Waals surface area contributed by atoms with Crippen LogP contribution in [0.2, 0.25) is 0 Å². The second-order valence-electron chi connectivity index (χ2n) is 4.83. The summed E-state index contributed by atoms with van der Waals surface area (Å²) in [6, 6.07) is 2.15. The largest absolute Gasteiger partial charge is 0.462 e. The van der Waals surface area contributed by atoms with Gasteiger partial charge in [0.05, 0.1) is 24.8 Å². The molecular weight excluding hydrogens is 350 g/mol. The summed E-state index contributed by atoms with van der Waals surface area (Å²) in [5, 5.41) is 10.9. The Morgan fingerprint density at radius 3 is 2.27 bits per heavy atom. The molecule has 138 valence electrons. The van der Waals surface area contributed by atoms with Crippen LogP contribution in [0.5, 0.6) is 0 Å². The average molecular weight is 365 g/mol. The molecule has 0 atom stereocenters. The highest BCUT2D eigenvalue weighted by atomic mass is 16.6. The fraction of sp³-hybridized carbons (Fsp3) is 0.267. The summed E-state index contributed by atoms with van der Waals surface area (Å²) in [4.78, 5) is 49.0. The number of esters is 2. The van der Waals surface area contributed by atoms with Gasteiger partial charge in [0.15, 0.2) is 0 Å². The predicted octanol–water partition coefficient (Wildman–Crippen LogP) is 1.48. The van der Waals surface area contributed by atoms with Crippen LogP contribution in [-0.4, -0.2) is 35.1 Å². The number of carbonyl (C=O) groups is 2.